The highest BCUT2D eigenvalue weighted by molar-refractivity contribution is 5.97. The second kappa shape index (κ2) is 3.29. The number of carbonyl (C=O) groups excluding carboxylic acids is 1. The third kappa shape index (κ3) is 1.94. The average Bonchev–Trinajstić information content (AvgIpc) is 2.04. The average molecular weight is 177 g/mol. The Morgan fingerprint density at radius 2 is 2.15 bits per heavy atom. The van der Waals surface area contributed by atoms with Crippen LogP contribution in [-0.2, 0) is 4.79 Å². The summed E-state index contributed by atoms with van der Waals surface area (Å²) in [5.41, 5.74) is 1.22. The van der Waals surface area contributed by atoms with Gasteiger partial charge in [0.05, 0.1) is 0 Å². The van der Waals surface area contributed by atoms with Crippen molar-refractivity contribution < 1.29 is 4.79 Å². The highest BCUT2D eigenvalue weighted by atomic mass is 16.1. The van der Waals surface area contributed by atoms with E-state index in [9.17, 15) is 4.79 Å². The number of carbonyl (C=O) groups is 1. The molecule has 1 rings (SSSR count). The lowest BCUT2D eigenvalue weighted by Crippen LogP contribution is -2.23. The van der Waals surface area contributed by atoms with Crippen LogP contribution >= 0.6 is 0 Å². The molecule has 0 amide bonds. The molecule has 1 unspecified atom stereocenters. The van der Waals surface area contributed by atoms with Crippen molar-refractivity contribution in [2.24, 2.45) is 5.41 Å². The molecule has 0 aromatic rings. The minimum absolute atomic E-state index is 0.0981. The Kier molecular flexibility index (Phi) is 2.50. The van der Waals surface area contributed by atoms with Gasteiger partial charge in [-0.2, -0.15) is 0 Å². The van der Waals surface area contributed by atoms with Gasteiger partial charge < -0.3 is 5.41 Å². The molecule has 1 aliphatic carbocycles. The van der Waals surface area contributed by atoms with E-state index < -0.39 is 0 Å². The first kappa shape index (κ1) is 9.90. The van der Waals surface area contributed by atoms with E-state index in [-0.39, 0.29) is 11.2 Å². The van der Waals surface area contributed by atoms with Crippen molar-refractivity contribution in [1.82, 2.24) is 0 Å². The third-order valence-corrected chi connectivity index (χ3v) is 2.64. The first-order valence-corrected chi connectivity index (χ1v) is 4.42. The van der Waals surface area contributed by atoms with Crippen molar-refractivity contribution in [2.75, 3.05) is 0 Å². The van der Waals surface area contributed by atoms with E-state index in [0.717, 1.165) is 12.0 Å². The molecule has 0 saturated carbocycles. The molecular weight excluding hydrogens is 162 g/mol. The van der Waals surface area contributed by atoms with Gasteiger partial charge in [-0.3, -0.25) is 4.79 Å². The molecular formula is C11H15NO. The Balaban J connectivity index is 2.85. The predicted molar refractivity (Wildman–Crippen MR) is 54.0 cm³/mol. The van der Waals surface area contributed by atoms with Crippen molar-refractivity contribution in [2.45, 2.75) is 27.2 Å². The molecule has 1 atom stereocenters. The van der Waals surface area contributed by atoms with Crippen molar-refractivity contribution in [3.8, 4) is 0 Å². The molecule has 70 valence electrons. The van der Waals surface area contributed by atoms with Gasteiger partial charge in [-0.05, 0) is 20.3 Å². The summed E-state index contributed by atoms with van der Waals surface area (Å²) in [6, 6.07) is 0. The van der Waals surface area contributed by atoms with Crippen molar-refractivity contribution in [3.63, 3.8) is 0 Å². The largest absolute Gasteiger partial charge is 0.309 e. The van der Waals surface area contributed by atoms with Gasteiger partial charge in [-0.15, -0.1) is 0 Å². The fourth-order valence-corrected chi connectivity index (χ4v) is 1.27. The molecule has 1 N–H and O–H groups in total. The zero-order valence-electron chi connectivity index (χ0n) is 8.35. The first-order chi connectivity index (χ1) is 5.96. The first-order valence-electron chi connectivity index (χ1n) is 4.42. The molecule has 0 aromatic carbocycles. The van der Waals surface area contributed by atoms with Crippen LogP contribution in [0.3, 0.4) is 0 Å². The number of rotatable bonds is 2. The van der Waals surface area contributed by atoms with E-state index in [1.807, 2.05) is 25.2 Å². The predicted octanol–water partition coefficient (Wildman–Crippen LogP) is 2.51. The normalized spacial score (nSPS) is 26.8. The summed E-state index contributed by atoms with van der Waals surface area (Å²) >= 11 is 0. The second-order valence-electron chi connectivity index (χ2n) is 3.80. The van der Waals surface area contributed by atoms with Crippen LogP contribution in [-0.4, -0.2) is 11.5 Å². The molecule has 0 aromatic heterocycles. The number of nitrogens with one attached hydrogen (secondary N) is 1. The zero-order chi connectivity index (χ0) is 10.1. The summed E-state index contributed by atoms with van der Waals surface area (Å²) in [7, 11) is 0. The zero-order valence-corrected chi connectivity index (χ0v) is 8.35. The van der Waals surface area contributed by atoms with Gasteiger partial charge in [0, 0.05) is 16.7 Å². The summed E-state index contributed by atoms with van der Waals surface area (Å²) < 4.78 is 0. The van der Waals surface area contributed by atoms with E-state index in [1.165, 1.54) is 0 Å². The minimum atomic E-state index is -0.182. The molecule has 2 heteroatoms. The van der Waals surface area contributed by atoms with Crippen LogP contribution in [0.15, 0.2) is 23.8 Å². The summed E-state index contributed by atoms with van der Waals surface area (Å²) in [6.45, 7) is 5.38. The Bertz CT molecular complexity index is 312. The topological polar surface area (TPSA) is 40.9 Å². The number of allylic oxidation sites excluding steroid dienone is 4. The monoisotopic (exact) mass is 177 g/mol. The number of ketones is 1. The third-order valence-electron chi connectivity index (χ3n) is 2.64. The second-order valence-corrected chi connectivity index (χ2v) is 3.80. The van der Waals surface area contributed by atoms with Gasteiger partial charge in [0.1, 0.15) is 0 Å². The SMILES string of the molecule is CC(=N)C1(C)C=CC(C(C)=O)=CC1. The Hall–Kier alpha value is -1.18. The molecule has 0 bridgehead atoms. The van der Waals surface area contributed by atoms with Crippen LogP contribution < -0.4 is 0 Å². The van der Waals surface area contributed by atoms with Crippen LogP contribution in [0.2, 0.25) is 0 Å². The quantitative estimate of drug-likeness (QED) is 0.647. The summed E-state index contributed by atoms with van der Waals surface area (Å²) in [6.07, 6.45) is 6.45. The maximum atomic E-state index is 11.0. The van der Waals surface area contributed by atoms with Crippen LogP contribution in [0.1, 0.15) is 27.2 Å². The Morgan fingerprint density at radius 1 is 1.54 bits per heavy atom. The Labute approximate surface area is 78.9 Å². The Morgan fingerprint density at radius 3 is 2.46 bits per heavy atom. The molecule has 0 saturated heterocycles. The molecule has 0 aliphatic heterocycles. The standard InChI is InChI=1S/C11H15NO/c1-8(13)10-4-6-11(3,7-5-10)9(2)12/h4-6,12H,7H2,1-3H3. The molecule has 0 radical (unpaired) electrons. The fourth-order valence-electron chi connectivity index (χ4n) is 1.27. The van der Waals surface area contributed by atoms with Crippen LogP contribution in [0.5, 0.6) is 0 Å². The van der Waals surface area contributed by atoms with Gasteiger partial charge >= 0.3 is 0 Å². The van der Waals surface area contributed by atoms with Crippen molar-refractivity contribution in [3.05, 3.63) is 23.8 Å². The molecule has 1 aliphatic rings. The van der Waals surface area contributed by atoms with Crippen molar-refractivity contribution >= 4 is 11.5 Å². The van der Waals surface area contributed by atoms with E-state index in [1.54, 1.807) is 13.8 Å². The number of hydrogen-bond donors (Lipinski definition) is 1. The fraction of sp³-hybridized carbons (Fsp3) is 0.455. The number of Topliss-reactive ketones (excluding diaryl/α,β-unsaturated/α-hetero) is 1. The lowest BCUT2D eigenvalue weighted by atomic mass is 9.78. The highest BCUT2D eigenvalue weighted by Gasteiger charge is 2.25. The molecule has 0 fully saturated rings. The van der Waals surface area contributed by atoms with Crippen molar-refractivity contribution in [1.29, 1.82) is 5.41 Å². The number of hydrogen-bond acceptors (Lipinski definition) is 2. The smallest absolute Gasteiger partial charge is 0.159 e. The minimum Gasteiger partial charge on any atom is -0.309 e. The summed E-state index contributed by atoms with van der Waals surface area (Å²) in [5, 5.41) is 7.59. The van der Waals surface area contributed by atoms with E-state index >= 15 is 0 Å². The molecule has 0 heterocycles. The van der Waals surface area contributed by atoms with Crippen LogP contribution in [0.25, 0.3) is 0 Å². The van der Waals surface area contributed by atoms with Crippen LogP contribution in [0, 0.1) is 10.8 Å². The molecule has 0 spiro atoms. The van der Waals surface area contributed by atoms with Crippen LogP contribution in [0.4, 0.5) is 0 Å². The van der Waals surface area contributed by atoms with Gasteiger partial charge in [0.15, 0.2) is 5.78 Å². The lowest BCUT2D eigenvalue weighted by molar-refractivity contribution is -0.113. The summed E-state index contributed by atoms with van der Waals surface area (Å²) in [4.78, 5) is 11.0. The van der Waals surface area contributed by atoms with Gasteiger partial charge in [0.25, 0.3) is 0 Å². The summed E-state index contributed by atoms with van der Waals surface area (Å²) in [5.74, 6) is 0.0981. The highest BCUT2D eigenvalue weighted by Crippen LogP contribution is 2.30. The van der Waals surface area contributed by atoms with Gasteiger partial charge in [-0.25, -0.2) is 0 Å². The maximum absolute atomic E-state index is 11.0. The molecule has 2 nitrogen and oxygen atoms in total. The molecule has 13 heavy (non-hydrogen) atoms. The van der Waals surface area contributed by atoms with Gasteiger partial charge in [0.2, 0.25) is 0 Å². The van der Waals surface area contributed by atoms with E-state index in [4.69, 9.17) is 5.41 Å². The lowest BCUT2D eigenvalue weighted by Gasteiger charge is -2.26. The maximum Gasteiger partial charge on any atom is 0.159 e. The van der Waals surface area contributed by atoms with Gasteiger partial charge in [-0.1, -0.05) is 25.2 Å². The van der Waals surface area contributed by atoms with E-state index in [2.05, 4.69) is 0 Å². The van der Waals surface area contributed by atoms with E-state index in [0.29, 0.717) is 5.71 Å².